The Morgan fingerprint density at radius 1 is 1.62 bits per heavy atom. The molecule has 0 saturated heterocycles. The van der Waals surface area contributed by atoms with Gasteiger partial charge >= 0.3 is 5.97 Å². The van der Waals surface area contributed by atoms with Crippen molar-refractivity contribution < 1.29 is 9.53 Å². The van der Waals surface area contributed by atoms with E-state index in [0.29, 0.717) is 4.88 Å². The lowest BCUT2D eigenvalue weighted by Crippen LogP contribution is -1.96. The van der Waals surface area contributed by atoms with Crippen molar-refractivity contribution in [2.24, 2.45) is 0 Å². The van der Waals surface area contributed by atoms with Gasteiger partial charge in [0.1, 0.15) is 4.88 Å². The van der Waals surface area contributed by atoms with Gasteiger partial charge in [-0.05, 0) is 18.1 Å². The topological polar surface area (TPSA) is 55.0 Å². The average Bonchev–Trinajstić information content (AvgIpc) is 2.95. The Morgan fingerprint density at radius 2 is 2.44 bits per heavy atom. The standard InChI is InChI=1S/C11H12N2O2S/c1-3-9-8(7-5-12-13-6-7)4-10(16-9)11(14)15-2/h4-6H,3H2,1-2H3,(H,12,13). The Hall–Kier alpha value is -1.62. The second-order valence-electron chi connectivity index (χ2n) is 3.28. The van der Waals surface area contributed by atoms with Crippen molar-refractivity contribution in [3.63, 3.8) is 0 Å². The second kappa shape index (κ2) is 4.49. The summed E-state index contributed by atoms with van der Waals surface area (Å²) in [6.45, 7) is 2.07. The monoisotopic (exact) mass is 236 g/mol. The van der Waals surface area contributed by atoms with Crippen LogP contribution in [0.25, 0.3) is 11.1 Å². The van der Waals surface area contributed by atoms with Gasteiger partial charge in [0.25, 0.3) is 0 Å². The van der Waals surface area contributed by atoms with Crippen molar-refractivity contribution in [2.45, 2.75) is 13.3 Å². The molecule has 2 aromatic rings. The predicted octanol–water partition coefficient (Wildman–Crippen LogP) is 2.49. The Kier molecular flexibility index (Phi) is 3.05. The summed E-state index contributed by atoms with van der Waals surface area (Å²) in [5.74, 6) is -0.283. The first-order chi connectivity index (χ1) is 7.76. The van der Waals surface area contributed by atoms with Crippen LogP contribution in [0.2, 0.25) is 0 Å². The number of thiophene rings is 1. The first-order valence-electron chi connectivity index (χ1n) is 4.96. The summed E-state index contributed by atoms with van der Waals surface area (Å²) in [5, 5.41) is 6.68. The van der Waals surface area contributed by atoms with Crippen LogP contribution >= 0.6 is 11.3 Å². The molecule has 0 spiro atoms. The smallest absolute Gasteiger partial charge is 0.348 e. The highest BCUT2D eigenvalue weighted by Gasteiger charge is 2.15. The minimum absolute atomic E-state index is 0.283. The van der Waals surface area contributed by atoms with Gasteiger partial charge in [0.2, 0.25) is 0 Å². The Labute approximate surface area is 97.3 Å². The van der Waals surface area contributed by atoms with Crippen LogP contribution in [0.1, 0.15) is 21.5 Å². The fourth-order valence-electron chi connectivity index (χ4n) is 1.54. The van der Waals surface area contributed by atoms with E-state index in [2.05, 4.69) is 17.1 Å². The predicted molar refractivity (Wildman–Crippen MR) is 62.6 cm³/mol. The molecule has 0 atom stereocenters. The van der Waals surface area contributed by atoms with E-state index in [4.69, 9.17) is 4.74 Å². The quantitative estimate of drug-likeness (QED) is 0.833. The van der Waals surface area contributed by atoms with Gasteiger partial charge in [-0.2, -0.15) is 5.10 Å². The zero-order valence-electron chi connectivity index (χ0n) is 9.11. The molecule has 0 aliphatic rings. The van der Waals surface area contributed by atoms with Crippen LogP contribution in [0.15, 0.2) is 18.5 Å². The number of carbonyl (C=O) groups excluding carboxylic acids is 1. The lowest BCUT2D eigenvalue weighted by molar-refractivity contribution is 0.0606. The van der Waals surface area contributed by atoms with Gasteiger partial charge in [0.15, 0.2) is 0 Å². The van der Waals surface area contributed by atoms with Crippen LogP contribution < -0.4 is 0 Å². The molecule has 2 aromatic heterocycles. The van der Waals surface area contributed by atoms with Gasteiger partial charge < -0.3 is 4.74 Å². The maximum Gasteiger partial charge on any atom is 0.348 e. The Bertz CT molecular complexity index is 488. The molecule has 1 N–H and O–H groups in total. The van der Waals surface area contributed by atoms with Crippen molar-refractivity contribution in [1.29, 1.82) is 0 Å². The molecular weight excluding hydrogens is 224 g/mol. The van der Waals surface area contributed by atoms with E-state index in [1.54, 1.807) is 6.20 Å². The van der Waals surface area contributed by atoms with E-state index in [9.17, 15) is 4.79 Å². The van der Waals surface area contributed by atoms with Crippen LogP contribution in [0, 0.1) is 0 Å². The number of carbonyl (C=O) groups is 1. The number of ether oxygens (including phenoxy) is 1. The molecule has 0 amide bonds. The van der Waals surface area contributed by atoms with Crippen LogP contribution in [-0.2, 0) is 11.2 Å². The molecule has 0 aliphatic carbocycles. The zero-order chi connectivity index (χ0) is 11.5. The van der Waals surface area contributed by atoms with Crippen LogP contribution in [-0.4, -0.2) is 23.3 Å². The molecule has 4 nitrogen and oxygen atoms in total. The maximum atomic E-state index is 11.4. The lowest BCUT2D eigenvalue weighted by atomic mass is 10.1. The first-order valence-corrected chi connectivity index (χ1v) is 5.78. The number of esters is 1. The van der Waals surface area contributed by atoms with Gasteiger partial charge in [0, 0.05) is 16.6 Å². The van der Waals surface area contributed by atoms with Gasteiger partial charge in [-0.1, -0.05) is 6.92 Å². The molecule has 2 rings (SSSR count). The molecule has 0 unspecified atom stereocenters. The Balaban J connectivity index is 2.45. The SMILES string of the molecule is CCc1sc(C(=O)OC)cc1-c1cn[nH]c1. The molecular formula is C11H12N2O2S. The van der Waals surface area contributed by atoms with Crippen LogP contribution in [0.3, 0.4) is 0 Å². The minimum atomic E-state index is -0.283. The largest absolute Gasteiger partial charge is 0.465 e. The van der Waals surface area contributed by atoms with E-state index in [0.717, 1.165) is 17.5 Å². The zero-order valence-corrected chi connectivity index (χ0v) is 9.93. The molecule has 0 bridgehead atoms. The summed E-state index contributed by atoms with van der Waals surface area (Å²) < 4.78 is 4.71. The van der Waals surface area contributed by atoms with E-state index >= 15 is 0 Å². The highest BCUT2D eigenvalue weighted by molar-refractivity contribution is 7.14. The first kappa shape index (κ1) is 10.9. The van der Waals surface area contributed by atoms with E-state index < -0.39 is 0 Å². The van der Waals surface area contributed by atoms with Gasteiger partial charge in [0.05, 0.1) is 13.3 Å². The van der Waals surface area contributed by atoms with Crippen LogP contribution in [0.5, 0.6) is 0 Å². The summed E-state index contributed by atoms with van der Waals surface area (Å²) in [5.41, 5.74) is 2.06. The number of hydrogen-bond acceptors (Lipinski definition) is 4. The molecule has 2 heterocycles. The number of H-pyrrole nitrogens is 1. The highest BCUT2D eigenvalue weighted by Crippen LogP contribution is 2.31. The van der Waals surface area contributed by atoms with Crippen molar-refractivity contribution in [3.8, 4) is 11.1 Å². The third kappa shape index (κ3) is 1.86. The number of aryl methyl sites for hydroxylation is 1. The third-order valence-electron chi connectivity index (χ3n) is 2.33. The fraction of sp³-hybridized carbons (Fsp3) is 0.273. The van der Waals surface area contributed by atoms with Crippen LogP contribution in [0.4, 0.5) is 0 Å². The summed E-state index contributed by atoms with van der Waals surface area (Å²) in [6.07, 6.45) is 4.46. The number of aromatic nitrogens is 2. The molecule has 0 saturated carbocycles. The molecule has 84 valence electrons. The highest BCUT2D eigenvalue weighted by atomic mass is 32.1. The number of hydrogen-bond donors (Lipinski definition) is 1. The maximum absolute atomic E-state index is 11.4. The summed E-state index contributed by atoms with van der Waals surface area (Å²) >= 11 is 1.47. The molecule has 16 heavy (non-hydrogen) atoms. The Morgan fingerprint density at radius 3 is 3.00 bits per heavy atom. The molecule has 0 aromatic carbocycles. The number of aromatic amines is 1. The van der Waals surface area contributed by atoms with Crippen molar-refractivity contribution >= 4 is 17.3 Å². The van der Waals surface area contributed by atoms with E-state index in [1.807, 2.05) is 12.3 Å². The number of rotatable bonds is 3. The van der Waals surface area contributed by atoms with Gasteiger partial charge in [-0.25, -0.2) is 4.79 Å². The third-order valence-corrected chi connectivity index (χ3v) is 3.59. The molecule has 0 radical (unpaired) electrons. The number of nitrogens with zero attached hydrogens (tertiary/aromatic N) is 1. The van der Waals surface area contributed by atoms with Crippen molar-refractivity contribution in [3.05, 3.63) is 28.2 Å². The van der Waals surface area contributed by atoms with E-state index in [1.165, 1.54) is 23.3 Å². The lowest BCUT2D eigenvalue weighted by Gasteiger charge is -1.95. The average molecular weight is 236 g/mol. The molecule has 0 aliphatic heterocycles. The second-order valence-corrected chi connectivity index (χ2v) is 4.42. The molecule has 0 fully saturated rings. The summed E-state index contributed by atoms with van der Waals surface area (Å²) in [4.78, 5) is 13.2. The summed E-state index contributed by atoms with van der Waals surface area (Å²) in [6, 6.07) is 1.86. The summed E-state index contributed by atoms with van der Waals surface area (Å²) in [7, 11) is 1.39. The van der Waals surface area contributed by atoms with Crippen molar-refractivity contribution in [2.75, 3.05) is 7.11 Å². The van der Waals surface area contributed by atoms with Crippen molar-refractivity contribution in [1.82, 2.24) is 10.2 Å². The van der Waals surface area contributed by atoms with Gasteiger partial charge in [-0.3, -0.25) is 5.10 Å². The normalized spacial score (nSPS) is 10.4. The minimum Gasteiger partial charge on any atom is -0.465 e. The van der Waals surface area contributed by atoms with E-state index in [-0.39, 0.29) is 5.97 Å². The molecule has 5 heteroatoms. The van der Waals surface area contributed by atoms with Gasteiger partial charge in [-0.15, -0.1) is 11.3 Å². The fourth-order valence-corrected chi connectivity index (χ4v) is 2.58. The number of nitrogens with one attached hydrogen (secondary N) is 1. The number of methoxy groups -OCH3 is 1.